The maximum absolute atomic E-state index is 15.0. The molecule has 3 aliphatic carbocycles. The van der Waals surface area contributed by atoms with Crippen LogP contribution in [0.5, 0.6) is 17.2 Å². The van der Waals surface area contributed by atoms with Gasteiger partial charge >= 0.3 is 0 Å². The van der Waals surface area contributed by atoms with E-state index >= 15 is 4.79 Å². The molecule has 314 valence electrons. The van der Waals surface area contributed by atoms with Crippen molar-refractivity contribution in [3.8, 4) is 29.3 Å². The number of aliphatic hydroxyl groups excluding tert-OH is 2. The van der Waals surface area contributed by atoms with Gasteiger partial charge in [-0.05, 0) is 71.2 Å². The van der Waals surface area contributed by atoms with E-state index in [0.29, 0.717) is 33.4 Å². The molecule has 8 atom stereocenters. The van der Waals surface area contributed by atoms with Gasteiger partial charge in [0.15, 0.2) is 23.2 Å². The highest BCUT2D eigenvalue weighted by Gasteiger charge is 2.59. The molecule has 1 amide bonds. The van der Waals surface area contributed by atoms with Crippen molar-refractivity contribution in [2.24, 2.45) is 10.9 Å². The van der Waals surface area contributed by atoms with Gasteiger partial charge < -0.3 is 49.0 Å². The van der Waals surface area contributed by atoms with Gasteiger partial charge in [0.05, 0.1) is 55.2 Å². The average molecular weight is 836 g/mol. The summed E-state index contributed by atoms with van der Waals surface area (Å²) in [6.45, 7) is -1.38. The Morgan fingerprint density at radius 1 is 1.13 bits per heavy atom. The number of hydrogen-bond donors (Lipinski definition) is 4. The highest BCUT2D eigenvalue weighted by atomic mass is 16.7. The number of amides is 1. The molecule has 4 N–H and O–H groups in total. The number of phenolic OH excluding ortho intramolecular Hbond substituents is 1. The summed E-state index contributed by atoms with van der Waals surface area (Å²) in [6.07, 6.45) is 15.4. The summed E-state index contributed by atoms with van der Waals surface area (Å²) in [4.78, 5) is 35.1. The van der Waals surface area contributed by atoms with Crippen molar-refractivity contribution >= 4 is 40.8 Å². The first kappa shape index (κ1) is 38.8. The number of aromatic hydroxyl groups is 1. The van der Waals surface area contributed by atoms with Crippen LogP contribution in [0, 0.1) is 24.4 Å². The fourth-order valence-corrected chi connectivity index (χ4v) is 10.5. The predicted molar refractivity (Wildman–Crippen MR) is 226 cm³/mol. The molecular weight excluding hydrogens is 793 g/mol. The smallest absolute Gasteiger partial charge is 0.254 e. The number of phenols is 1. The molecule has 11 rings (SSSR count). The quantitative estimate of drug-likeness (QED) is 0.210. The van der Waals surface area contributed by atoms with E-state index in [9.17, 15) is 25.2 Å². The van der Waals surface area contributed by atoms with Crippen LogP contribution in [-0.2, 0) is 27.2 Å². The second kappa shape index (κ2) is 14.8. The Morgan fingerprint density at radius 3 is 2.85 bits per heavy atom. The van der Waals surface area contributed by atoms with E-state index in [2.05, 4.69) is 23.1 Å². The van der Waals surface area contributed by atoms with Gasteiger partial charge in [0.1, 0.15) is 47.2 Å². The van der Waals surface area contributed by atoms with Crippen molar-refractivity contribution in [1.82, 2.24) is 4.90 Å². The van der Waals surface area contributed by atoms with Crippen LogP contribution >= 0.6 is 0 Å². The van der Waals surface area contributed by atoms with Crippen LogP contribution < -0.4 is 9.47 Å². The molecular formula is C49H43N2O11+. The van der Waals surface area contributed by atoms with Crippen LogP contribution in [0.2, 0.25) is 0 Å². The molecule has 13 heteroatoms. The van der Waals surface area contributed by atoms with Gasteiger partial charge in [-0.3, -0.25) is 9.59 Å². The topological polar surface area (TPSA) is 177 Å². The molecule has 2 fully saturated rings. The van der Waals surface area contributed by atoms with E-state index in [1.54, 1.807) is 36.6 Å². The number of nitrogens with zero attached hydrogens (tertiary/aromatic N) is 2. The molecule has 8 bridgehead atoms. The first-order valence-electron chi connectivity index (χ1n) is 21.0. The molecule has 0 aromatic heterocycles. The Kier molecular flexibility index (Phi) is 9.22. The minimum atomic E-state index is -2.45. The number of hydrogen-bond acceptors (Lipinski definition) is 12. The number of benzene rings is 3. The Hall–Kier alpha value is -6.14. The standard InChI is InChI=1S/C49H42N2O11/c1-58-38-19-32-29-15-14-26-8-4-11-27(26)40(29)42-36(53)22-51-21-34-25(7-5-12-30(34)47(51)56)9-6-18-59-46-43(54)39-23-60-37(33-20-50-35-13-3-2-10-28(33)35)17-16-31(38)45(41(32)44(42)55)62-48(61-39)49(46,57)24-52/h2-3,5,7,10,12-17,19-20,26-27,37,39,43,46,48,52,54,57H,4,8-9,11,21-24H2,1H3/p+1. The van der Waals surface area contributed by atoms with E-state index < -0.39 is 48.7 Å². The molecule has 0 radical (unpaired) electrons. The van der Waals surface area contributed by atoms with Gasteiger partial charge in [0.2, 0.25) is 6.29 Å². The number of methoxy groups -OCH3 is 1. The lowest BCUT2D eigenvalue weighted by Gasteiger charge is -2.47. The minimum absolute atomic E-state index is 0.0368. The van der Waals surface area contributed by atoms with E-state index in [0.717, 1.165) is 47.2 Å². The van der Waals surface area contributed by atoms with Gasteiger partial charge in [-0.2, -0.15) is 4.99 Å². The van der Waals surface area contributed by atoms with Gasteiger partial charge in [-0.15, -0.1) is 0 Å². The zero-order valence-corrected chi connectivity index (χ0v) is 33.7. The zero-order valence-electron chi connectivity index (χ0n) is 33.7. The van der Waals surface area contributed by atoms with Crippen molar-refractivity contribution in [1.29, 1.82) is 0 Å². The van der Waals surface area contributed by atoms with Crippen molar-refractivity contribution in [3.05, 3.63) is 117 Å². The fourth-order valence-electron chi connectivity index (χ4n) is 10.5. The molecule has 62 heavy (non-hydrogen) atoms. The van der Waals surface area contributed by atoms with Crippen molar-refractivity contribution < 1.29 is 53.7 Å². The van der Waals surface area contributed by atoms with Crippen LogP contribution in [0.3, 0.4) is 0 Å². The summed E-state index contributed by atoms with van der Waals surface area (Å²) < 4.78 is 31.9. The second-order valence-electron chi connectivity index (χ2n) is 17.0. The summed E-state index contributed by atoms with van der Waals surface area (Å²) in [6, 6.07) is 7.12. The Bertz CT molecular complexity index is 2730. The largest absolute Gasteiger partial charge is 0.506 e. The summed E-state index contributed by atoms with van der Waals surface area (Å²) in [5.41, 5.74) is 3.56. The first-order valence-corrected chi connectivity index (χ1v) is 21.0. The molecule has 0 spiro atoms. The number of fused-ring (bicyclic) bond motifs is 10. The first-order chi connectivity index (χ1) is 30.2. The molecule has 3 aromatic rings. The van der Waals surface area contributed by atoms with Gasteiger partial charge in [-0.1, -0.05) is 36.6 Å². The van der Waals surface area contributed by atoms with Crippen molar-refractivity contribution in [2.75, 3.05) is 26.9 Å². The van der Waals surface area contributed by atoms with Crippen LogP contribution in [0.1, 0.15) is 73.7 Å². The van der Waals surface area contributed by atoms with Crippen molar-refractivity contribution in [2.45, 2.75) is 74.5 Å². The number of aliphatic hydroxyl groups is 3. The van der Waals surface area contributed by atoms with Gasteiger partial charge in [0.25, 0.3) is 5.91 Å². The van der Waals surface area contributed by atoms with Crippen LogP contribution in [0.15, 0.2) is 76.5 Å². The third-order valence-electron chi connectivity index (χ3n) is 13.7. The molecule has 3 aromatic carbocycles. The second-order valence-corrected chi connectivity index (χ2v) is 17.0. The summed E-state index contributed by atoms with van der Waals surface area (Å²) in [5.74, 6) is 2.21. The molecule has 8 unspecified atom stereocenters. The maximum atomic E-state index is 15.0. The summed E-state index contributed by atoms with van der Waals surface area (Å²) in [7, 11) is 1.51. The lowest BCUT2D eigenvalue weighted by molar-refractivity contribution is -0.327. The van der Waals surface area contributed by atoms with E-state index in [1.165, 1.54) is 12.0 Å². The van der Waals surface area contributed by atoms with Crippen LogP contribution in [0.4, 0.5) is 0 Å². The third kappa shape index (κ3) is 5.82. The molecule has 5 heterocycles. The van der Waals surface area contributed by atoms with Crippen LogP contribution in [-0.4, -0.2) is 106 Å². The number of ether oxygens (including phenoxy) is 5. The van der Waals surface area contributed by atoms with Gasteiger partial charge in [0, 0.05) is 48.6 Å². The number of rotatable bonds is 3. The number of carbonyl (C=O) groups excluding carboxylic acids is 2. The Balaban J connectivity index is 1.19. The number of allylic oxidation sites excluding steroid dienone is 5. The Labute approximate surface area is 356 Å². The zero-order chi connectivity index (χ0) is 42.4. The van der Waals surface area contributed by atoms with E-state index in [-0.39, 0.29) is 66.3 Å². The average Bonchev–Trinajstić information content (AvgIpc) is 4.02. The highest BCUT2D eigenvalue weighted by Crippen LogP contribution is 2.55. The van der Waals surface area contributed by atoms with Crippen LogP contribution in [0.25, 0.3) is 22.9 Å². The van der Waals surface area contributed by atoms with Gasteiger partial charge in [-0.25, -0.2) is 0 Å². The Morgan fingerprint density at radius 2 is 2.00 bits per heavy atom. The highest BCUT2D eigenvalue weighted by molar-refractivity contribution is 6.14. The number of ketones is 1. The summed E-state index contributed by atoms with van der Waals surface area (Å²) in [5, 5.41) is 49.0. The number of aliphatic imine (C=N–C) groups is 1. The molecule has 5 aliphatic heterocycles. The molecule has 8 aliphatic rings. The maximum Gasteiger partial charge on any atom is 0.254 e. The third-order valence-corrected chi connectivity index (χ3v) is 13.7. The minimum Gasteiger partial charge on any atom is -0.506 e. The number of Topliss-reactive ketones (excluding diaryl/α,β-unsaturated/α-hetero) is 1. The lowest BCUT2D eigenvalue weighted by atomic mass is 9.75. The molecule has 1 saturated heterocycles. The van der Waals surface area contributed by atoms with E-state index in [4.69, 9.17) is 23.7 Å². The molecule has 13 nitrogen and oxygen atoms in total. The fraction of sp³-hybridized carbons (Fsp3) is 0.347. The van der Waals surface area contributed by atoms with Crippen molar-refractivity contribution in [3.63, 3.8) is 0 Å². The summed E-state index contributed by atoms with van der Waals surface area (Å²) >= 11 is 0. The number of carbonyl (C=O) groups is 2. The predicted octanol–water partition coefficient (Wildman–Crippen LogP) is 4.84. The normalized spacial score (nSPS) is 30.2. The molecule has 1 saturated carbocycles. The SMILES string of the molecule is COc1cc2c3c(c4c(O)c2c2c1C=CC(C1=C5[CH+]C=CC=C5N=C1)OCC1OC(O2)C(O)(CO)C(OC#CCc2cccc5c2CN(CC4=O)C5=O)C1O)C1CCCC1C=C3. The monoisotopic (exact) mass is 835 g/mol. The van der Waals surface area contributed by atoms with E-state index in [1.807, 2.05) is 36.8 Å². The lowest BCUT2D eigenvalue weighted by Crippen LogP contribution is -2.70.